The third-order valence-electron chi connectivity index (χ3n) is 4.77. The maximum absolute atomic E-state index is 13.3. The molecule has 0 unspecified atom stereocenters. The lowest BCUT2D eigenvalue weighted by Crippen LogP contribution is -2.32. The van der Waals surface area contributed by atoms with E-state index in [1.807, 2.05) is 64.9 Å². The maximum Gasteiger partial charge on any atom is 0.254 e. The van der Waals surface area contributed by atoms with Crippen LogP contribution in [0.5, 0.6) is 0 Å². The molecule has 2 aromatic carbocycles. The highest BCUT2D eigenvalue weighted by molar-refractivity contribution is 5.94. The molecular formula is C25H34FN3O2. The van der Waals surface area contributed by atoms with Gasteiger partial charge in [-0.25, -0.2) is 4.39 Å². The summed E-state index contributed by atoms with van der Waals surface area (Å²) in [7, 11) is 3.89. The van der Waals surface area contributed by atoms with Crippen molar-refractivity contribution in [2.75, 3.05) is 30.9 Å². The fourth-order valence-electron chi connectivity index (χ4n) is 3.42. The van der Waals surface area contributed by atoms with Crippen LogP contribution in [0.25, 0.3) is 0 Å². The van der Waals surface area contributed by atoms with Crippen molar-refractivity contribution >= 4 is 23.2 Å². The van der Waals surface area contributed by atoms with Crippen LogP contribution in [-0.2, 0) is 11.3 Å². The number of halogens is 1. The first-order valence-electron chi connectivity index (χ1n) is 10.6. The van der Waals surface area contributed by atoms with Gasteiger partial charge in [0.1, 0.15) is 5.82 Å². The molecule has 2 rings (SSSR count). The van der Waals surface area contributed by atoms with Crippen LogP contribution in [0, 0.1) is 11.2 Å². The van der Waals surface area contributed by atoms with Gasteiger partial charge in [0.2, 0.25) is 5.91 Å². The molecule has 0 radical (unpaired) electrons. The molecule has 2 aromatic rings. The molecule has 0 saturated carbocycles. The Morgan fingerprint density at radius 2 is 1.68 bits per heavy atom. The fraction of sp³-hybridized carbons (Fsp3) is 0.440. The Morgan fingerprint density at radius 1 is 1.03 bits per heavy atom. The second kappa shape index (κ2) is 10.4. The Hall–Kier alpha value is -2.89. The number of carbonyl (C=O) groups excluding carboxylic acids is 2. The largest absolute Gasteiger partial charge is 0.377 e. The highest BCUT2D eigenvalue weighted by Gasteiger charge is 2.19. The fourth-order valence-corrected chi connectivity index (χ4v) is 3.42. The molecule has 6 heteroatoms. The average Bonchev–Trinajstić information content (AvgIpc) is 2.66. The van der Waals surface area contributed by atoms with Gasteiger partial charge in [-0.15, -0.1) is 0 Å². The summed E-state index contributed by atoms with van der Waals surface area (Å²) in [5.41, 5.74) is 2.97. The monoisotopic (exact) mass is 427 g/mol. The van der Waals surface area contributed by atoms with Crippen LogP contribution in [-0.4, -0.2) is 37.4 Å². The van der Waals surface area contributed by atoms with E-state index in [4.69, 9.17) is 0 Å². The zero-order chi connectivity index (χ0) is 23.2. The van der Waals surface area contributed by atoms with Gasteiger partial charge in [0.05, 0.1) is 0 Å². The number of rotatable bonds is 8. The Balaban J connectivity index is 2.30. The lowest BCUT2D eigenvalue weighted by molar-refractivity contribution is -0.117. The molecular weight excluding hydrogens is 393 g/mol. The smallest absolute Gasteiger partial charge is 0.254 e. The predicted molar refractivity (Wildman–Crippen MR) is 125 cm³/mol. The zero-order valence-corrected chi connectivity index (χ0v) is 19.5. The van der Waals surface area contributed by atoms with Gasteiger partial charge in [-0.1, -0.05) is 27.7 Å². The van der Waals surface area contributed by atoms with Crippen molar-refractivity contribution in [2.45, 2.75) is 47.1 Å². The van der Waals surface area contributed by atoms with Crippen LogP contribution in [0.4, 0.5) is 15.8 Å². The normalized spacial score (nSPS) is 11.2. The van der Waals surface area contributed by atoms with E-state index in [9.17, 15) is 14.0 Å². The number of benzene rings is 2. The minimum absolute atomic E-state index is 0.0381. The van der Waals surface area contributed by atoms with E-state index in [1.165, 1.54) is 24.3 Å². The van der Waals surface area contributed by atoms with Crippen molar-refractivity contribution in [1.82, 2.24) is 4.90 Å². The number of hydrogen-bond donors (Lipinski definition) is 1. The SMILES string of the molecule is CCCN(Cc1cc(NC(=O)CC(C)(C)C)ccc1N(C)C)C(=O)c1ccc(F)cc1. The Labute approximate surface area is 185 Å². The topological polar surface area (TPSA) is 52.7 Å². The number of nitrogens with zero attached hydrogens (tertiary/aromatic N) is 2. The van der Waals surface area contributed by atoms with Gasteiger partial charge in [-0.3, -0.25) is 9.59 Å². The average molecular weight is 428 g/mol. The van der Waals surface area contributed by atoms with Crippen molar-refractivity contribution in [3.8, 4) is 0 Å². The van der Waals surface area contributed by atoms with Crippen molar-refractivity contribution in [1.29, 1.82) is 0 Å². The third kappa shape index (κ3) is 7.39. The van der Waals surface area contributed by atoms with Gasteiger partial charge >= 0.3 is 0 Å². The van der Waals surface area contributed by atoms with Crippen molar-refractivity contribution in [3.05, 3.63) is 59.4 Å². The Morgan fingerprint density at radius 3 is 2.23 bits per heavy atom. The summed E-state index contributed by atoms with van der Waals surface area (Å²) in [4.78, 5) is 29.2. The van der Waals surface area contributed by atoms with E-state index in [0.717, 1.165) is 17.7 Å². The summed E-state index contributed by atoms with van der Waals surface area (Å²) in [5.74, 6) is -0.551. The molecule has 31 heavy (non-hydrogen) atoms. The summed E-state index contributed by atoms with van der Waals surface area (Å²) in [6, 6.07) is 11.4. The van der Waals surface area contributed by atoms with E-state index in [-0.39, 0.29) is 23.0 Å². The molecule has 2 amide bonds. The van der Waals surface area contributed by atoms with E-state index in [1.54, 1.807) is 4.90 Å². The molecule has 0 aliphatic rings. The molecule has 0 bridgehead atoms. The van der Waals surface area contributed by atoms with Gasteiger partial charge in [-0.2, -0.15) is 0 Å². The standard InChI is InChI=1S/C25H34FN3O2/c1-7-14-29(24(31)18-8-10-20(26)11-9-18)17-19-15-21(12-13-22(19)28(5)6)27-23(30)16-25(2,3)4/h8-13,15H,7,14,16-17H2,1-6H3,(H,27,30). The molecule has 0 fully saturated rings. The van der Waals surface area contributed by atoms with Gasteiger partial charge in [0.15, 0.2) is 0 Å². The lowest BCUT2D eigenvalue weighted by Gasteiger charge is -2.26. The second-order valence-corrected chi connectivity index (χ2v) is 9.26. The number of anilines is 2. The van der Waals surface area contributed by atoms with E-state index >= 15 is 0 Å². The van der Waals surface area contributed by atoms with Crippen molar-refractivity contribution in [2.24, 2.45) is 5.41 Å². The quantitative estimate of drug-likeness (QED) is 0.620. The van der Waals surface area contributed by atoms with E-state index in [2.05, 4.69) is 5.32 Å². The molecule has 168 valence electrons. The molecule has 5 nitrogen and oxygen atoms in total. The summed E-state index contributed by atoms with van der Waals surface area (Å²) in [6.45, 7) is 9.05. The van der Waals surface area contributed by atoms with Crippen molar-refractivity contribution in [3.63, 3.8) is 0 Å². The molecule has 1 N–H and O–H groups in total. The summed E-state index contributed by atoms with van der Waals surface area (Å²) in [5, 5.41) is 2.97. The Bertz CT molecular complexity index is 902. The first kappa shape index (κ1) is 24.4. The molecule has 0 spiro atoms. The van der Waals surface area contributed by atoms with Gasteiger partial charge in [-0.05, 0) is 59.9 Å². The number of hydrogen-bond acceptors (Lipinski definition) is 3. The van der Waals surface area contributed by atoms with Crippen molar-refractivity contribution < 1.29 is 14.0 Å². The molecule has 0 aliphatic carbocycles. The Kier molecular flexibility index (Phi) is 8.20. The molecule has 0 aliphatic heterocycles. The highest BCUT2D eigenvalue weighted by Crippen LogP contribution is 2.26. The van der Waals surface area contributed by atoms with Gasteiger partial charge < -0.3 is 15.1 Å². The van der Waals surface area contributed by atoms with Crippen LogP contribution in [0.3, 0.4) is 0 Å². The number of amides is 2. The third-order valence-corrected chi connectivity index (χ3v) is 4.77. The highest BCUT2D eigenvalue weighted by atomic mass is 19.1. The summed E-state index contributed by atoms with van der Waals surface area (Å²) >= 11 is 0. The summed E-state index contributed by atoms with van der Waals surface area (Å²) < 4.78 is 13.3. The van der Waals surface area contributed by atoms with Gasteiger partial charge in [0, 0.05) is 50.5 Å². The second-order valence-electron chi connectivity index (χ2n) is 9.26. The van der Waals surface area contributed by atoms with Crippen LogP contribution in [0.1, 0.15) is 56.5 Å². The maximum atomic E-state index is 13.3. The lowest BCUT2D eigenvalue weighted by atomic mass is 9.92. The number of nitrogens with one attached hydrogen (secondary N) is 1. The van der Waals surface area contributed by atoms with Crippen LogP contribution in [0.2, 0.25) is 0 Å². The molecule has 0 saturated heterocycles. The zero-order valence-electron chi connectivity index (χ0n) is 19.5. The minimum atomic E-state index is -0.368. The minimum Gasteiger partial charge on any atom is -0.377 e. The van der Waals surface area contributed by atoms with Crippen LogP contribution in [0.15, 0.2) is 42.5 Å². The van der Waals surface area contributed by atoms with E-state index < -0.39 is 0 Å². The molecule has 0 heterocycles. The number of carbonyl (C=O) groups is 2. The first-order valence-corrected chi connectivity index (χ1v) is 10.6. The van der Waals surface area contributed by atoms with E-state index in [0.29, 0.717) is 30.8 Å². The molecule has 0 atom stereocenters. The first-order chi connectivity index (χ1) is 14.5. The van der Waals surface area contributed by atoms with Crippen LogP contribution >= 0.6 is 0 Å². The molecule has 0 aromatic heterocycles. The summed E-state index contributed by atoms with van der Waals surface area (Å²) in [6.07, 6.45) is 1.22. The predicted octanol–water partition coefficient (Wildman–Crippen LogP) is 5.32. The van der Waals surface area contributed by atoms with Crippen LogP contribution < -0.4 is 10.2 Å². The van der Waals surface area contributed by atoms with Gasteiger partial charge in [0.25, 0.3) is 5.91 Å².